The Bertz CT molecular complexity index is 455. The van der Waals surface area contributed by atoms with Gasteiger partial charge in [0.15, 0.2) is 0 Å². The van der Waals surface area contributed by atoms with Crippen LogP contribution in [-0.2, 0) is 6.42 Å². The summed E-state index contributed by atoms with van der Waals surface area (Å²) < 4.78 is 0. The average Bonchev–Trinajstić information content (AvgIpc) is 2.84. The molecule has 0 radical (unpaired) electrons. The Morgan fingerprint density at radius 3 is 2.72 bits per heavy atom. The number of fused-ring (bicyclic) bond motifs is 1. The highest BCUT2D eigenvalue weighted by Gasteiger charge is 2.29. The molecule has 0 amide bonds. The highest BCUT2D eigenvalue weighted by molar-refractivity contribution is 5.34. The van der Waals surface area contributed by atoms with Crippen LogP contribution in [0.25, 0.3) is 0 Å². The zero-order valence-corrected chi connectivity index (χ0v) is 10.7. The summed E-state index contributed by atoms with van der Waals surface area (Å²) in [4.78, 5) is 4.84. The number of piperazine rings is 1. The van der Waals surface area contributed by atoms with Crippen LogP contribution in [0.1, 0.15) is 23.6 Å². The topological polar surface area (TPSA) is 30.3 Å². The Balaban J connectivity index is 1.66. The lowest BCUT2D eigenvalue weighted by Gasteiger charge is -2.37. The van der Waals surface area contributed by atoms with Gasteiger partial charge in [-0.3, -0.25) is 9.80 Å². The van der Waals surface area contributed by atoms with Gasteiger partial charge in [0.05, 0.1) is 12.6 Å². The minimum absolute atomic E-state index is 0.578. The van der Waals surface area contributed by atoms with Crippen LogP contribution >= 0.6 is 0 Å². The lowest BCUT2D eigenvalue weighted by Crippen LogP contribution is -2.47. The molecule has 1 aliphatic heterocycles. The average molecular weight is 241 g/mol. The van der Waals surface area contributed by atoms with Crippen molar-refractivity contribution in [3.05, 3.63) is 35.4 Å². The maximum atomic E-state index is 8.72. The van der Waals surface area contributed by atoms with Crippen molar-refractivity contribution in [3.8, 4) is 6.07 Å². The van der Waals surface area contributed by atoms with Crippen LogP contribution in [-0.4, -0.2) is 42.5 Å². The fraction of sp³-hybridized carbons (Fsp3) is 0.533. The predicted molar refractivity (Wildman–Crippen MR) is 71.1 cm³/mol. The van der Waals surface area contributed by atoms with Crippen LogP contribution in [0.2, 0.25) is 0 Å². The minimum atomic E-state index is 0.578. The highest BCUT2D eigenvalue weighted by atomic mass is 15.3. The maximum absolute atomic E-state index is 8.72. The van der Waals surface area contributed by atoms with Gasteiger partial charge in [0, 0.05) is 32.2 Å². The van der Waals surface area contributed by atoms with Crippen molar-refractivity contribution in [2.75, 3.05) is 32.7 Å². The molecule has 1 atom stereocenters. The van der Waals surface area contributed by atoms with Gasteiger partial charge in [0.1, 0.15) is 0 Å². The first kappa shape index (κ1) is 11.7. The molecule has 0 saturated carbocycles. The summed E-state index contributed by atoms with van der Waals surface area (Å²) in [5, 5.41) is 8.72. The second-order valence-corrected chi connectivity index (χ2v) is 5.22. The summed E-state index contributed by atoms with van der Waals surface area (Å²) in [6.45, 7) is 4.84. The molecular weight excluding hydrogens is 222 g/mol. The fourth-order valence-corrected chi connectivity index (χ4v) is 3.25. The molecule has 18 heavy (non-hydrogen) atoms. The number of benzene rings is 1. The van der Waals surface area contributed by atoms with E-state index in [0.29, 0.717) is 12.6 Å². The molecule has 1 aromatic rings. The highest BCUT2D eigenvalue weighted by Crippen LogP contribution is 2.35. The van der Waals surface area contributed by atoms with Crippen molar-refractivity contribution in [2.24, 2.45) is 0 Å². The SMILES string of the molecule is N#CCN1CCN(C2CCc3ccccc32)CC1. The standard InChI is InChI=1S/C15H19N3/c16-7-8-17-9-11-18(12-10-17)15-6-5-13-3-1-2-4-14(13)15/h1-4,15H,5-6,8-12H2. The largest absolute Gasteiger partial charge is 0.294 e. The summed E-state index contributed by atoms with van der Waals surface area (Å²) in [6.07, 6.45) is 2.48. The van der Waals surface area contributed by atoms with Crippen molar-refractivity contribution < 1.29 is 0 Å². The molecule has 1 saturated heterocycles. The molecule has 0 N–H and O–H groups in total. The number of nitriles is 1. The Labute approximate surface area is 109 Å². The van der Waals surface area contributed by atoms with E-state index in [0.717, 1.165) is 26.2 Å². The first-order valence-electron chi connectivity index (χ1n) is 6.79. The summed E-state index contributed by atoms with van der Waals surface area (Å²) in [5.74, 6) is 0. The molecule has 0 spiro atoms. The summed E-state index contributed by atoms with van der Waals surface area (Å²) in [7, 11) is 0. The molecule has 1 aromatic carbocycles. The normalized spacial score (nSPS) is 24.7. The van der Waals surface area contributed by atoms with E-state index in [9.17, 15) is 0 Å². The number of hydrogen-bond acceptors (Lipinski definition) is 3. The molecular formula is C15H19N3. The maximum Gasteiger partial charge on any atom is 0.0866 e. The van der Waals surface area contributed by atoms with Gasteiger partial charge in [-0.15, -0.1) is 0 Å². The lowest BCUT2D eigenvalue weighted by atomic mass is 10.1. The van der Waals surface area contributed by atoms with E-state index in [2.05, 4.69) is 40.1 Å². The van der Waals surface area contributed by atoms with Crippen LogP contribution < -0.4 is 0 Å². The Hall–Kier alpha value is -1.37. The second-order valence-electron chi connectivity index (χ2n) is 5.22. The van der Waals surface area contributed by atoms with Gasteiger partial charge in [0.2, 0.25) is 0 Å². The van der Waals surface area contributed by atoms with Gasteiger partial charge in [-0.05, 0) is 24.0 Å². The number of rotatable bonds is 2. The molecule has 3 rings (SSSR count). The van der Waals surface area contributed by atoms with E-state index in [1.54, 1.807) is 0 Å². The van der Waals surface area contributed by atoms with Crippen molar-refractivity contribution >= 4 is 0 Å². The number of nitrogens with zero attached hydrogens (tertiary/aromatic N) is 3. The molecule has 0 aromatic heterocycles. The van der Waals surface area contributed by atoms with E-state index in [1.807, 2.05) is 0 Å². The Kier molecular flexibility index (Phi) is 3.31. The molecule has 1 heterocycles. The zero-order valence-electron chi connectivity index (χ0n) is 10.7. The first-order chi connectivity index (χ1) is 8.88. The summed E-state index contributed by atoms with van der Waals surface area (Å²) in [6, 6.07) is 11.7. The van der Waals surface area contributed by atoms with Crippen LogP contribution in [0, 0.1) is 11.3 Å². The van der Waals surface area contributed by atoms with Crippen molar-refractivity contribution in [1.82, 2.24) is 9.80 Å². The van der Waals surface area contributed by atoms with Crippen molar-refractivity contribution in [2.45, 2.75) is 18.9 Å². The van der Waals surface area contributed by atoms with Gasteiger partial charge in [0.25, 0.3) is 0 Å². The molecule has 1 fully saturated rings. The van der Waals surface area contributed by atoms with Gasteiger partial charge in [-0.2, -0.15) is 5.26 Å². The van der Waals surface area contributed by atoms with E-state index >= 15 is 0 Å². The summed E-state index contributed by atoms with van der Waals surface area (Å²) >= 11 is 0. The summed E-state index contributed by atoms with van der Waals surface area (Å²) in [5.41, 5.74) is 3.06. The predicted octanol–water partition coefficient (Wildman–Crippen LogP) is 1.82. The van der Waals surface area contributed by atoms with Crippen LogP contribution in [0.4, 0.5) is 0 Å². The molecule has 94 valence electrons. The molecule has 1 unspecified atom stereocenters. The quantitative estimate of drug-likeness (QED) is 0.740. The third kappa shape index (κ3) is 2.14. The third-order valence-electron chi connectivity index (χ3n) is 4.24. The van der Waals surface area contributed by atoms with Crippen molar-refractivity contribution in [3.63, 3.8) is 0 Å². The second kappa shape index (κ2) is 5.09. The first-order valence-corrected chi connectivity index (χ1v) is 6.79. The zero-order chi connectivity index (χ0) is 12.4. The number of aryl methyl sites for hydroxylation is 1. The van der Waals surface area contributed by atoms with E-state index in [4.69, 9.17) is 5.26 Å². The number of hydrogen-bond donors (Lipinski definition) is 0. The van der Waals surface area contributed by atoms with Gasteiger partial charge >= 0.3 is 0 Å². The monoisotopic (exact) mass is 241 g/mol. The van der Waals surface area contributed by atoms with Crippen LogP contribution in [0.3, 0.4) is 0 Å². The molecule has 1 aliphatic carbocycles. The third-order valence-corrected chi connectivity index (χ3v) is 4.24. The van der Waals surface area contributed by atoms with Gasteiger partial charge < -0.3 is 0 Å². The van der Waals surface area contributed by atoms with E-state index in [1.165, 1.54) is 24.0 Å². The smallest absolute Gasteiger partial charge is 0.0866 e. The van der Waals surface area contributed by atoms with Gasteiger partial charge in [-0.1, -0.05) is 24.3 Å². The van der Waals surface area contributed by atoms with Crippen molar-refractivity contribution in [1.29, 1.82) is 5.26 Å². The Morgan fingerprint density at radius 1 is 1.17 bits per heavy atom. The lowest BCUT2D eigenvalue weighted by molar-refractivity contribution is 0.104. The fourth-order valence-electron chi connectivity index (χ4n) is 3.25. The molecule has 2 aliphatic rings. The van der Waals surface area contributed by atoms with E-state index in [-0.39, 0.29) is 0 Å². The molecule has 0 bridgehead atoms. The minimum Gasteiger partial charge on any atom is -0.294 e. The van der Waals surface area contributed by atoms with E-state index < -0.39 is 0 Å². The molecule has 3 heteroatoms. The van der Waals surface area contributed by atoms with Crippen LogP contribution in [0.15, 0.2) is 24.3 Å². The van der Waals surface area contributed by atoms with Crippen LogP contribution in [0.5, 0.6) is 0 Å². The molecule has 3 nitrogen and oxygen atoms in total. The Morgan fingerprint density at radius 2 is 1.94 bits per heavy atom. The van der Waals surface area contributed by atoms with Gasteiger partial charge in [-0.25, -0.2) is 0 Å².